The molecule has 0 spiro atoms. The van der Waals surface area contributed by atoms with Crippen molar-refractivity contribution in [2.24, 2.45) is 5.41 Å². The van der Waals surface area contributed by atoms with Gasteiger partial charge in [-0.1, -0.05) is 139 Å². The number of amides is 1. The number of allylic oxidation sites excluding steroid dienone is 19. The number of hydrogen-bond donors (Lipinski definition) is 1. The van der Waals surface area contributed by atoms with Crippen molar-refractivity contribution in [2.45, 2.75) is 67.7 Å². The zero-order valence-electron chi connectivity index (χ0n) is 25.6. The van der Waals surface area contributed by atoms with Gasteiger partial charge in [0.2, 0.25) is 0 Å². The van der Waals surface area contributed by atoms with Crippen LogP contribution in [0.5, 0.6) is 0 Å². The van der Waals surface area contributed by atoms with E-state index in [4.69, 9.17) is 0 Å². The Morgan fingerprint density at radius 3 is 1.70 bits per heavy atom. The molecule has 0 heterocycles. The molecule has 40 heavy (non-hydrogen) atoms. The Morgan fingerprint density at radius 1 is 0.725 bits per heavy atom. The molecular weight excluding hydrogens is 486 g/mol. The Bertz CT molecular complexity index is 1330. The minimum absolute atomic E-state index is 0.160. The maximum absolute atomic E-state index is 11.3. The lowest BCUT2D eigenvalue weighted by Crippen LogP contribution is -2.56. The van der Waals surface area contributed by atoms with Crippen LogP contribution in [0.1, 0.15) is 83.7 Å². The van der Waals surface area contributed by atoms with E-state index in [1.54, 1.807) is 12.1 Å². The third-order valence-corrected chi connectivity index (χ3v) is 7.09. The largest absolute Gasteiger partial charge is 0.340 e. The highest BCUT2D eigenvalue weighted by Crippen LogP contribution is 2.40. The minimum atomic E-state index is -0.160. The van der Waals surface area contributed by atoms with Crippen LogP contribution in [0.4, 0.5) is 0 Å². The van der Waals surface area contributed by atoms with E-state index >= 15 is 0 Å². The summed E-state index contributed by atoms with van der Waals surface area (Å²) in [5, 5.41) is 0. The molecule has 0 fully saturated rings. The van der Waals surface area contributed by atoms with Gasteiger partial charge in [-0.15, -0.1) is 0 Å². The molecule has 0 saturated carbocycles. The number of rotatable bonds is 11. The van der Waals surface area contributed by atoms with Crippen LogP contribution >= 0.6 is 0 Å². The van der Waals surface area contributed by atoms with E-state index in [9.17, 15) is 4.79 Å². The molecule has 0 atom stereocenters. The van der Waals surface area contributed by atoms with E-state index in [0.717, 1.165) is 11.1 Å². The molecule has 0 aliphatic heterocycles. The minimum Gasteiger partial charge on any atom is -0.290 e. The quantitative estimate of drug-likeness (QED) is 0.282. The van der Waals surface area contributed by atoms with Gasteiger partial charge in [-0.3, -0.25) is 5.73 Å². The fourth-order valence-electron chi connectivity index (χ4n) is 4.57. The molecule has 0 unspecified atom stereocenters. The molecule has 0 bridgehead atoms. The van der Waals surface area contributed by atoms with Crippen molar-refractivity contribution in [3.8, 4) is 0 Å². The third-order valence-electron chi connectivity index (χ3n) is 7.09. The van der Waals surface area contributed by atoms with Crippen molar-refractivity contribution < 1.29 is 10.5 Å². The van der Waals surface area contributed by atoms with Gasteiger partial charge in [-0.25, -0.2) is 4.79 Å². The third kappa shape index (κ3) is 12.0. The van der Waals surface area contributed by atoms with E-state index in [0.29, 0.717) is 5.56 Å². The first-order valence-corrected chi connectivity index (χ1v) is 14.2. The fourth-order valence-corrected chi connectivity index (χ4v) is 4.57. The van der Waals surface area contributed by atoms with Crippen LogP contribution in [0.3, 0.4) is 0 Å². The molecule has 0 aromatic heterocycles. The number of hydrogen-bond acceptors (Lipinski definition) is 1. The van der Waals surface area contributed by atoms with Crippen LogP contribution in [0.15, 0.2) is 137 Å². The van der Waals surface area contributed by atoms with Gasteiger partial charge < -0.3 is 0 Å². The summed E-state index contributed by atoms with van der Waals surface area (Å²) in [6.07, 6.45) is 33.5. The monoisotopic (exact) mass is 534 g/mol. The van der Waals surface area contributed by atoms with Crippen LogP contribution in [0.2, 0.25) is 0 Å². The molecule has 3 N–H and O–H groups in total. The lowest BCUT2D eigenvalue weighted by Gasteiger charge is -2.32. The first kappa shape index (κ1) is 32.5. The first-order valence-electron chi connectivity index (χ1n) is 14.2. The summed E-state index contributed by atoms with van der Waals surface area (Å²) in [6.45, 7) is 15.4. The Balaban J connectivity index is 1.86. The second-order valence-electron chi connectivity index (χ2n) is 11.4. The van der Waals surface area contributed by atoms with Gasteiger partial charge in [0.25, 0.3) is 0 Å². The molecule has 2 rings (SSSR count). The van der Waals surface area contributed by atoms with Gasteiger partial charge >= 0.3 is 5.91 Å². The highest BCUT2D eigenvalue weighted by Gasteiger charge is 2.26. The average Bonchev–Trinajstić information content (AvgIpc) is 2.89. The van der Waals surface area contributed by atoms with Gasteiger partial charge in [0, 0.05) is 0 Å². The Morgan fingerprint density at radius 2 is 1.20 bits per heavy atom. The fraction of sp³-hybridized carbons (Fsp3) is 0.289. The molecule has 1 aromatic rings. The van der Waals surface area contributed by atoms with Gasteiger partial charge in [0.1, 0.15) is 0 Å². The summed E-state index contributed by atoms with van der Waals surface area (Å²) in [7, 11) is 0. The van der Waals surface area contributed by atoms with Crippen molar-refractivity contribution in [3.63, 3.8) is 0 Å². The summed E-state index contributed by atoms with van der Waals surface area (Å²) in [5.41, 5.74) is 13.2. The zero-order valence-corrected chi connectivity index (χ0v) is 25.6. The highest BCUT2D eigenvalue weighted by atomic mass is 16.1. The Labute approximate surface area is 243 Å². The Kier molecular flexibility index (Phi) is 13.3. The molecule has 0 saturated heterocycles. The topological polar surface area (TPSA) is 44.7 Å². The van der Waals surface area contributed by atoms with Crippen molar-refractivity contribution >= 4 is 12.0 Å². The number of carbonyl (C=O) groups is 1. The number of carbonyl (C=O) groups excluding carboxylic acids is 1. The number of benzene rings is 1. The molecule has 1 aliphatic rings. The predicted molar refractivity (Wildman–Crippen MR) is 175 cm³/mol. The van der Waals surface area contributed by atoms with Crippen LogP contribution in [-0.4, -0.2) is 5.91 Å². The molecule has 1 aliphatic carbocycles. The molecule has 2 heteroatoms. The lowest BCUT2D eigenvalue weighted by molar-refractivity contribution is -0.255. The Hall–Kier alpha value is -3.75. The van der Waals surface area contributed by atoms with Crippen LogP contribution < -0.4 is 5.73 Å². The highest BCUT2D eigenvalue weighted by molar-refractivity contribution is 5.86. The maximum atomic E-state index is 11.3. The van der Waals surface area contributed by atoms with Crippen LogP contribution in [-0.2, 0) is 0 Å². The standard InChI is InChI=1S/C38H47NO/c1-29(15-10-17-31(3)20-22-34-23-25-35(26-24-34)37(39)40)13-8-9-14-30(2)16-11-18-32(4)21-27-36-33(5)19-12-28-38(36,6)7/h8-11,13-18,20-27H,12,19,28H2,1-7H3,(H2,39,40)/p+1. The van der Waals surface area contributed by atoms with Crippen molar-refractivity contribution in [3.05, 3.63) is 148 Å². The summed E-state index contributed by atoms with van der Waals surface area (Å²) < 4.78 is 0. The molecule has 1 aromatic carbocycles. The SMILES string of the molecule is CC(C=CC=C(C)C=CC1=C(C)CCCC1(C)C)=CC=CC=C(C)C=CC=C(C)C=Cc1ccc(C([NH3+])=O)cc1. The van der Waals surface area contributed by atoms with Gasteiger partial charge in [0.05, 0.1) is 5.56 Å². The summed E-state index contributed by atoms with van der Waals surface area (Å²) >= 11 is 0. The van der Waals surface area contributed by atoms with E-state index < -0.39 is 0 Å². The molecule has 2 nitrogen and oxygen atoms in total. The predicted octanol–water partition coefficient (Wildman–Crippen LogP) is 9.62. The summed E-state index contributed by atoms with van der Waals surface area (Å²) in [6, 6.07) is 7.46. The summed E-state index contributed by atoms with van der Waals surface area (Å²) in [4.78, 5) is 11.3. The van der Waals surface area contributed by atoms with E-state index in [1.807, 2.05) is 18.2 Å². The lowest BCUT2D eigenvalue weighted by atomic mass is 9.72. The van der Waals surface area contributed by atoms with Gasteiger partial charge in [-0.05, 0) is 82.6 Å². The van der Waals surface area contributed by atoms with Crippen LogP contribution in [0.25, 0.3) is 6.08 Å². The normalized spacial score (nSPS) is 18.0. The molecule has 210 valence electrons. The molecule has 0 radical (unpaired) electrons. The van der Waals surface area contributed by atoms with Crippen molar-refractivity contribution in [2.75, 3.05) is 0 Å². The average molecular weight is 535 g/mol. The second kappa shape index (κ2) is 16.4. The van der Waals surface area contributed by atoms with Crippen molar-refractivity contribution in [1.82, 2.24) is 0 Å². The van der Waals surface area contributed by atoms with Crippen molar-refractivity contribution in [1.29, 1.82) is 0 Å². The molecule has 1 amide bonds. The van der Waals surface area contributed by atoms with Gasteiger partial charge in [0.15, 0.2) is 0 Å². The van der Waals surface area contributed by atoms with E-state index in [2.05, 4.69) is 133 Å². The van der Waals surface area contributed by atoms with E-state index in [1.165, 1.54) is 47.1 Å². The smallest absolute Gasteiger partial charge is 0.290 e. The zero-order chi connectivity index (χ0) is 29.5. The summed E-state index contributed by atoms with van der Waals surface area (Å²) in [5.74, 6) is -0.160. The van der Waals surface area contributed by atoms with Gasteiger partial charge in [-0.2, -0.15) is 0 Å². The molecular formula is C38H48NO+. The first-order chi connectivity index (χ1) is 19.0. The maximum Gasteiger partial charge on any atom is 0.340 e. The van der Waals surface area contributed by atoms with Crippen LogP contribution in [0, 0.1) is 5.41 Å². The second-order valence-corrected chi connectivity index (χ2v) is 11.4. The van der Waals surface area contributed by atoms with E-state index in [-0.39, 0.29) is 11.3 Å². The number of quaternary nitrogens is 1.